The third-order valence-electron chi connectivity index (χ3n) is 5.85. The predicted molar refractivity (Wildman–Crippen MR) is 103 cm³/mol. The van der Waals surface area contributed by atoms with Crippen LogP contribution in [-0.2, 0) is 11.3 Å². The topological polar surface area (TPSA) is 82.1 Å². The molecule has 2 heterocycles. The van der Waals surface area contributed by atoms with Crippen LogP contribution in [0.1, 0.15) is 23.8 Å². The number of likely N-dealkylation sites (N-methyl/N-ethyl adjacent to an activating group) is 1. The van der Waals surface area contributed by atoms with Crippen molar-refractivity contribution in [2.24, 2.45) is 5.92 Å². The summed E-state index contributed by atoms with van der Waals surface area (Å²) in [5, 5.41) is 13.8. The Morgan fingerprint density at radius 3 is 2.82 bits per heavy atom. The van der Waals surface area contributed by atoms with Gasteiger partial charge in [0.15, 0.2) is 0 Å². The van der Waals surface area contributed by atoms with E-state index in [0.717, 1.165) is 16.0 Å². The van der Waals surface area contributed by atoms with Crippen LogP contribution in [0.3, 0.4) is 0 Å². The number of carbonyl (C=O) groups is 2. The van der Waals surface area contributed by atoms with Gasteiger partial charge in [0.2, 0.25) is 0 Å². The number of urea groups is 1. The molecule has 0 aromatic heterocycles. The zero-order valence-corrected chi connectivity index (χ0v) is 15.9. The molecular weight excluding hydrogens is 357 g/mol. The first kappa shape index (κ1) is 18.8. The SMILES string of the molecule is [B]C1=CC([C@]2(CN3Cc4ccc(OC)cc4C3O)NC(=O)N(C)C2=O)CC=C1. The van der Waals surface area contributed by atoms with Crippen LogP contribution >= 0.6 is 0 Å². The number of imide groups is 1. The Morgan fingerprint density at radius 2 is 2.18 bits per heavy atom. The number of amides is 3. The lowest BCUT2D eigenvalue weighted by atomic mass is 9.74. The highest BCUT2D eigenvalue weighted by Gasteiger charge is 2.55. The van der Waals surface area contributed by atoms with E-state index >= 15 is 0 Å². The number of hydrogen-bond donors (Lipinski definition) is 2. The van der Waals surface area contributed by atoms with Gasteiger partial charge in [-0.05, 0) is 24.1 Å². The molecule has 8 heteroatoms. The van der Waals surface area contributed by atoms with Crippen LogP contribution in [0.2, 0.25) is 0 Å². The summed E-state index contributed by atoms with van der Waals surface area (Å²) >= 11 is 0. The van der Waals surface area contributed by atoms with Gasteiger partial charge in [-0.15, -0.1) is 5.47 Å². The highest BCUT2D eigenvalue weighted by atomic mass is 16.5. The molecule has 3 atom stereocenters. The van der Waals surface area contributed by atoms with Crippen molar-refractivity contribution in [2.45, 2.75) is 24.7 Å². The van der Waals surface area contributed by atoms with Gasteiger partial charge in [0.1, 0.15) is 25.4 Å². The number of nitrogens with one attached hydrogen (secondary N) is 1. The first-order valence-electron chi connectivity index (χ1n) is 9.19. The van der Waals surface area contributed by atoms with E-state index in [0.29, 0.717) is 24.2 Å². The molecule has 0 bridgehead atoms. The monoisotopic (exact) mass is 379 g/mol. The van der Waals surface area contributed by atoms with Gasteiger partial charge in [0.05, 0.1) is 7.11 Å². The van der Waals surface area contributed by atoms with Crippen molar-refractivity contribution in [1.29, 1.82) is 0 Å². The second kappa shape index (κ2) is 6.79. The molecule has 0 saturated carbocycles. The van der Waals surface area contributed by atoms with E-state index in [9.17, 15) is 14.7 Å². The molecule has 144 valence electrons. The fourth-order valence-corrected chi connectivity index (χ4v) is 4.29. The molecule has 1 aromatic rings. The Kier molecular flexibility index (Phi) is 4.55. The number of aliphatic hydroxyl groups excluding tert-OH is 1. The summed E-state index contributed by atoms with van der Waals surface area (Å²) in [6.45, 7) is 0.638. The summed E-state index contributed by atoms with van der Waals surface area (Å²) in [4.78, 5) is 28.3. The van der Waals surface area contributed by atoms with Gasteiger partial charge in [-0.1, -0.05) is 24.3 Å². The van der Waals surface area contributed by atoms with Crippen molar-refractivity contribution in [1.82, 2.24) is 15.1 Å². The minimum Gasteiger partial charge on any atom is -0.497 e. The second-order valence-corrected chi connectivity index (χ2v) is 7.52. The Bertz CT molecular complexity index is 899. The van der Waals surface area contributed by atoms with Gasteiger partial charge in [-0.3, -0.25) is 14.6 Å². The molecule has 1 aliphatic carbocycles. The van der Waals surface area contributed by atoms with Crippen LogP contribution in [0.5, 0.6) is 5.75 Å². The lowest BCUT2D eigenvalue weighted by molar-refractivity contribution is -0.134. The maximum atomic E-state index is 13.1. The number of ether oxygens (including phenoxy) is 1. The zero-order valence-electron chi connectivity index (χ0n) is 15.9. The average molecular weight is 379 g/mol. The number of rotatable bonds is 4. The normalized spacial score (nSPS) is 29.7. The lowest BCUT2D eigenvalue weighted by Crippen LogP contribution is -2.59. The molecule has 2 unspecified atom stereocenters. The van der Waals surface area contributed by atoms with Crippen LogP contribution in [0.4, 0.5) is 4.79 Å². The molecule has 1 saturated heterocycles. The van der Waals surface area contributed by atoms with Gasteiger partial charge in [0, 0.05) is 31.6 Å². The zero-order chi connectivity index (χ0) is 20.1. The molecule has 4 rings (SSSR count). The summed E-state index contributed by atoms with van der Waals surface area (Å²) in [5.41, 5.74) is 1.08. The smallest absolute Gasteiger partial charge is 0.324 e. The van der Waals surface area contributed by atoms with E-state index in [1.807, 2.05) is 24.3 Å². The standard InChI is InChI=1S/C20H22BN3O4/c1-23-18(26)20(22-19(23)27,13-4-3-5-14(21)8-13)11-24-10-12-6-7-15(28-2)9-16(12)17(24)25/h3,5-9,13,17,25H,4,10-11H2,1-2H3,(H,22,27)/t13?,17?,20-/m0/s1. The molecule has 3 amide bonds. The number of benzene rings is 1. The first-order chi connectivity index (χ1) is 13.4. The van der Waals surface area contributed by atoms with Crippen LogP contribution in [0.15, 0.2) is 41.9 Å². The van der Waals surface area contributed by atoms with Gasteiger partial charge >= 0.3 is 6.03 Å². The Labute approximate surface area is 165 Å². The maximum absolute atomic E-state index is 13.1. The van der Waals surface area contributed by atoms with E-state index in [2.05, 4.69) is 5.32 Å². The van der Waals surface area contributed by atoms with Crippen molar-refractivity contribution in [3.8, 4) is 5.75 Å². The summed E-state index contributed by atoms with van der Waals surface area (Å²) < 4.78 is 5.25. The second-order valence-electron chi connectivity index (χ2n) is 7.52. The van der Waals surface area contributed by atoms with Crippen molar-refractivity contribution < 1.29 is 19.4 Å². The number of carbonyl (C=O) groups excluding carboxylic acids is 2. The number of nitrogens with zero attached hydrogens (tertiary/aromatic N) is 2. The third-order valence-corrected chi connectivity index (χ3v) is 5.85. The van der Waals surface area contributed by atoms with Crippen LogP contribution in [0, 0.1) is 5.92 Å². The van der Waals surface area contributed by atoms with Gasteiger partial charge in [-0.25, -0.2) is 4.79 Å². The van der Waals surface area contributed by atoms with Gasteiger partial charge in [-0.2, -0.15) is 0 Å². The quantitative estimate of drug-likeness (QED) is 0.604. The average Bonchev–Trinajstić information content (AvgIpc) is 3.11. The van der Waals surface area contributed by atoms with Crippen LogP contribution in [0.25, 0.3) is 0 Å². The number of methoxy groups -OCH3 is 1. The van der Waals surface area contributed by atoms with E-state index < -0.39 is 17.8 Å². The molecule has 1 aromatic carbocycles. The molecule has 28 heavy (non-hydrogen) atoms. The fourth-order valence-electron chi connectivity index (χ4n) is 4.29. The highest BCUT2D eigenvalue weighted by Crippen LogP contribution is 2.39. The molecule has 2 N–H and O–H groups in total. The van der Waals surface area contributed by atoms with E-state index in [4.69, 9.17) is 12.6 Å². The molecule has 1 fully saturated rings. The Morgan fingerprint density at radius 1 is 1.39 bits per heavy atom. The van der Waals surface area contributed by atoms with Crippen molar-refractivity contribution in [2.75, 3.05) is 20.7 Å². The molecular formula is C20H22BN3O4. The minimum atomic E-state index is -1.19. The molecule has 7 nitrogen and oxygen atoms in total. The van der Waals surface area contributed by atoms with Gasteiger partial charge < -0.3 is 15.2 Å². The molecule has 2 aliphatic heterocycles. The third kappa shape index (κ3) is 2.84. The number of allylic oxidation sites excluding steroid dienone is 3. The fraction of sp³-hybridized carbons (Fsp3) is 0.400. The molecule has 2 radical (unpaired) electrons. The number of aliphatic hydroxyl groups is 1. The summed E-state index contributed by atoms with van der Waals surface area (Å²) in [7, 11) is 9.00. The number of hydrogen-bond acceptors (Lipinski definition) is 5. The minimum absolute atomic E-state index is 0.169. The van der Waals surface area contributed by atoms with E-state index in [1.165, 1.54) is 7.05 Å². The molecule has 3 aliphatic rings. The van der Waals surface area contributed by atoms with Crippen LogP contribution in [-0.4, -0.2) is 60.9 Å². The highest BCUT2D eigenvalue weighted by molar-refractivity contribution is 6.23. The first-order valence-corrected chi connectivity index (χ1v) is 9.19. The van der Waals surface area contributed by atoms with Crippen molar-refractivity contribution in [3.05, 3.63) is 53.0 Å². The van der Waals surface area contributed by atoms with Crippen molar-refractivity contribution >= 4 is 19.8 Å². The largest absolute Gasteiger partial charge is 0.497 e. The molecule has 0 spiro atoms. The van der Waals surface area contributed by atoms with E-state index in [1.54, 1.807) is 24.2 Å². The summed E-state index contributed by atoms with van der Waals surface area (Å²) in [5.74, 6) is 0.0411. The van der Waals surface area contributed by atoms with Crippen molar-refractivity contribution in [3.63, 3.8) is 0 Å². The van der Waals surface area contributed by atoms with Crippen LogP contribution < -0.4 is 10.1 Å². The predicted octanol–water partition coefficient (Wildman–Crippen LogP) is 1.05. The summed E-state index contributed by atoms with van der Waals surface area (Å²) in [6.07, 6.45) is 5.20. The number of fused-ring (bicyclic) bond motifs is 1. The Balaban J connectivity index is 1.67. The van der Waals surface area contributed by atoms with Gasteiger partial charge in [0.25, 0.3) is 5.91 Å². The summed E-state index contributed by atoms with van der Waals surface area (Å²) in [6, 6.07) is 5.11. The lowest BCUT2D eigenvalue weighted by Gasteiger charge is -2.38. The van der Waals surface area contributed by atoms with E-state index in [-0.39, 0.29) is 18.4 Å². The maximum Gasteiger partial charge on any atom is 0.324 e. The Hall–Kier alpha value is -2.58.